The molecule has 0 amide bonds. The first-order chi connectivity index (χ1) is 6.86. The maximum atomic E-state index is 11.1. The van der Waals surface area contributed by atoms with Crippen molar-refractivity contribution in [2.75, 3.05) is 7.11 Å². The van der Waals surface area contributed by atoms with Crippen molar-refractivity contribution < 1.29 is 17.9 Å². The minimum Gasteiger partial charge on any atom is -0.464 e. The van der Waals surface area contributed by atoms with E-state index in [0.29, 0.717) is 0 Å². The number of hydrogen-bond donors (Lipinski definition) is 1. The lowest BCUT2D eigenvalue weighted by Gasteiger charge is -2.03. The number of sulfonamides is 1. The number of pyridine rings is 1. The summed E-state index contributed by atoms with van der Waals surface area (Å²) in [5, 5.41) is 4.39. The van der Waals surface area contributed by atoms with Gasteiger partial charge < -0.3 is 4.74 Å². The van der Waals surface area contributed by atoms with Crippen LogP contribution < -0.4 is 5.14 Å². The van der Waals surface area contributed by atoms with Crippen molar-refractivity contribution in [3.05, 3.63) is 22.8 Å². The molecule has 0 bridgehead atoms. The Bertz CT molecular complexity index is 500. The zero-order chi connectivity index (χ0) is 11.6. The lowest BCUT2D eigenvalue weighted by atomic mass is 10.3. The molecule has 0 aromatic carbocycles. The van der Waals surface area contributed by atoms with Crippen LogP contribution in [-0.4, -0.2) is 26.5 Å². The van der Waals surface area contributed by atoms with Gasteiger partial charge in [0.1, 0.15) is 0 Å². The normalized spacial score (nSPS) is 11.1. The third kappa shape index (κ3) is 2.65. The van der Waals surface area contributed by atoms with E-state index in [-0.39, 0.29) is 10.7 Å². The second kappa shape index (κ2) is 4.13. The minimum absolute atomic E-state index is 0.00532. The molecule has 1 aromatic rings. The van der Waals surface area contributed by atoms with Gasteiger partial charge in [0, 0.05) is 0 Å². The minimum atomic E-state index is -3.96. The molecule has 0 radical (unpaired) electrons. The van der Waals surface area contributed by atoms with Crippen LogP contribution in [0.25, 0.3) is 0 Å². The van der Waals surface area contributed by atoms with Gasteiger partial charge >= 0.3 is 5.97 Å². The smallest absolute Gasteiger partial charge is 0.358 e. The number of aromatic nitrogens is 1. The van der Waals surface area contributed by atoms with Gasteiger partial charge in [0.25, 0.3) is 10.0 Å². The third-order valence-electron chi connectivity index (χ3n) is 1.49. The molecule has 1 aromatic heterocycles. The van der Waals surface area contributed by atoms with Crippen LogP contribution in [0.5, 0.6) is 0 Å². The molecule has 0 saturated carbocycles. The average Bonchev–Trinajstić information content (AvgIpc) is 2.15. The Hall–Kier alpha value is -1.18. The van der Waals surface area contributed by atoms with Crippen LogP contribution in [0, 0.1) is 0 Å². The Kier molecular flexibility index (Phi) is 3.28. The number of methoxy groups -OCH3 is 1. The van der Waals surface area contributed by atoms with Gasteiger partial charge in [-0.05, 0) is 12.1 Å². The zero-order valence-electron chi connectivity index (χ0n) is 7.60. The molecule has 82 valence electrons. The Labute approximate surface area is 91.1 Å². The molecule has 0 fully saturated rings. The Morgan fingerprint density at radius 3 is 2.60 bits per heavy atom. The van der Waals surface area contributed by atoms with E-state index in [4.69, 9.17) is 16.7 Å². The summed E-state index contributed by atoms with van der Waals surface area (Å²) in [7, 11) is -2.83. The first kappa shape index (κ1) is 11.9. The summed E-state index contributed by atoms with van der Waals surface area (Å²) in [6.45, 7) is 0. The fraction of sp³-hybridized carbons (Fsp3) is 0.143. The number of nitrogens with two attached hydrogens (primary N) is 1. The first-order valence-electron chi connectivity index (χ1n) is 3.64. The fourth-order valence-corrected chi connectivity index (χ4v) is 1.48. The summed E-state index contributed by atoms with van der Waals surface area (Å²) >= 11 is 5.62. The SMILES string of the molecule is COC(=O)c1nc(S(N)(=O)=O)ccc1Cl. The molecule has 6 nitrogen and oxygen atoms in total. The van der Waals surface area contributed by atoms with Gasteiger partial charge in [0.15, 0.2) is 10.7 Å². The molecule has 1 rings (SSSR count). The highest BCUT2D eigenvalue weighted by Crippen LogP contribution is 2.16. The number of primary sulfonamides is 1. The third-order valence-corrected chi connectivity index (χ3v) is 2.61. The van der Waals surface area contributed by atoms with Crippen LogP contribution in [0.1, 0.15) is 10.5 Å². The van der Waals surface area contributed by atoms with Crippen molar-refractivity contribution in [3.63, 3.8) is 0 Å². The van der Waals surface area contributed by atoms with E-state index in [1.54, 1.807) is 0 Å². The van der Waals surface area contributed by atoms with Crippen molar-refractivity contribution in [2.45, 2.75) is 5.03 Å². The van der Waals surface area contributed by atoms with Crippen molar-refractivity contribution >= 4 is 27.6 Å². The molecule has 15 heavy (non-hydrogen) atoms. The van der Waals surface area contributed by atoms with Gasteiger partial charge in [0.05, 0.1) is 12.1 Å². The van der Waals surface area contributed by atoms with E-state index in [0.717, 1.165) is 13.2 Å². The van der Waals surface area contributed by atoms with Gasteiger partial charge in [-0.3, -0.25) is 0 Å². The van der Waals surface area contributed by atoms with Crippen LogP contribution in [-0.2, 0) is 14.8 Å². The molecule has 0 atom stereocenters. The molecule has 0 unspecified atom stereocenters. The number of halogens is 1. The van der Waals surface area contributed by atoms with E-state index < -0.39 is 21.0 Å². The van der Waals surface area contributed by atoms with E-state index in [1.165, 1.54) is 6.07 Å². The summed E-state index contributed by atoms with van der Waals surface area (Å²) in [6, 6.07) is 2.31. The second-order valence-electron chi connectivity index (χ2n) is 2.52. The van der Waals surface area contributed by atoms with Gasteiger partial charge in [-0.15, -0.1) is 0 Å². The van der Waals surface area contributed by atoms with Crippen molar-refractivity contribution in [2.24, 2.45) is 5.14 Å². The number of carbonyl (C=O) groups is 1. The van der Waals surface area contributed by atoms with E-state index in [9.17, 15) is 13.2 Å². The van der Waals surface area contributed by atoms with Crippen LogP contribution in [0.3, 0.4) is 0 Å². The quantitative estimate of drug-likeness (QED) is 0.754. The number of carbonyl (C=O) groups excluding carboxylic acids is 1. The molecule has 0 aliphatic heterocycles. The monoisotopic (exact) mass is 250 g/mol. The first-order valence-corrected chi connectivity index (χ1v) is 5.56. The molecule has 0 aliphatic carbocycles. The Morgan fingerprint density at radius 2 is 2.13 bits per heavy atom. The van der Waals surface area contributed by atoms with Crippen LogP contribution in [0.4, 0.5) is 0 Å². The number of rotatable bonds is 2. The Balaban J connectivity index is 3.36. The maximum Gasteiger partial charge on any atom is 0.358 e. The topological polar surface area (TPSA) is 99.3 Å². The molecular weight excluding hydrogens is 244 g/mol. The molecule has 8 heteroatoms. The molecule has 0 saturated heterocycles. The van der Waals surface area contributed by atoms with E-state index in [1.807, 2.05) is 0 Å². The molecule has 2 N–H and O–H groups in total. The highest BCUT2D eigenvalue weighted by Gasteiger charge is 2.17. The van der Waals surface area contributed by atoms with Crippen LogP contribution >= 0.6 is 11.6 Å². The molecule has 0 aliphatic rings. The highest BCUT2D eigenvalue weighted by atomic mass is 35.5. The lowest BCUT2D eigenvalue weighted by molar-refractivity contribution is 0.0593. The van der Waals surface area contributed by atoms with Crippen LogP contribution in [0.2, 0.25) is 5.02 Å². The van der Waals surface area contributed by atoms with Gasteiger partial charge in [-0.2, -0.15) is 0 Å². The summed E-state index contributed by atoms with van der Waals surface area (Å²) in [5.74, 6) is -0.828. The standard InChI is InChI=1S/C7H7ClN2O4S/c1-14-7(11)6-4(8)2-3-5(10-6)15(9,12)13/h2-3H,1H3,(H2,9,12,13). The van der Waals surface area contributed by atoms with E-state index >= 15 is 0 Å². The molecular formula is C7H7ClN2O4S. The van der Waals surface area contributed by atoms with E-state index in [2.05, 4.69) is 9.72 Å². The number of esters is 1. The van der Waals surface area contributed by atoms with Gasteiger partial charge in [-0.1, -0.05) is 11.6 Å². The summed E-state index contributed by atoms with van der Waals surface area (Å²) in [6.07, 6.45) is 0. The van der Waals surface area contributed by atoms with Crippen molar-refractivity contribution in [3.8, 4) is 0 Å². The van der Waals surface area contributed by atoms with Gasteiger partial charge in [0.2, 0.25) is 0 Å². The van der Waals surface area contributed by atoms with Crippen molar-refractivity contribution in [1.29, 1.82) is 0 Å². The summed E-state index contributed by atoms with van der Waals surface area (Å²) in [5.41, 5.74) is -0.286. The maximum absolute atomic E-state index is 11.1. The molecule has 0 spiro atoms. The number of nitrogens with zero attached hydrogens (tertiary/aromatic N) is 1. The summed E-state index contributed by atoms with van der Waals surface area (Å²) in [4.78, 5) is 14.6. The second-order valence-corrected chi connectivity index (χ2v) is 4.43. The van der Waals surface area contributed by atoms with Crippen LogP contribution in [0.15, 0.2) is 17.2 Å². The Morgan fingerprint density at radius 1 is 1.53 bits per heavy atom. The number of hydrogen-bond acceptors (Lipinski definition) is 5. The highest BCUT2D eigenvalue weighted by molar-refractivity contribution is 7.89. The number of ether oxygens (including phenoxy) is 1. The molecule has 1 heterocycles. The summed E-state index contributed by atoms with van der Waals surface area (Å²) < 4.78 is 26.2. The fourth-order valence-electron chi connectivity index (χ4n) is 0.823. The lowest BCUT2D eigenvalue weighted by Crippen LogP contribution is -2.16. The average molecular weight is 251 g/mol. The predicted octanol–water partition coefficient (Wildman–Crippen LogP) is 0.169. The predicted molar refractivity (Wildman–Crippen MR) is 52.0 cm³/mol. The zero-order valence-corrected chi connectivity index (χ0v) is 9.17. The van der Waals surface area contributed by atoms with Crippen molar-refractivity contribution in [1.82, 2.24) is 4.98 Å². The van der Waals surface area contributed by atoms with Gasteiger partial charge in [-0.25, -0.2) is 23.3 Å². The largest absolute Gasteiger partial charge is 0.464 e.